The molecule has 2 rings (SSSR count). The molecule has 122 valence electrons. The summed E-state index contributed by atoms with van der Waals surface area (Å²) in [4.78, 5) is 2.66. The second-order valence-corrected chi connectivity index (χ2v) is 5.54. The summed E-state index contributed by atoms with van der Waals surface area (Å²) >= 11 is 0. The van der Waals surface area contributed by atoms with Crippen molar-refractivity contribution in [3.63, 3.8) is 0 Å². The molecule has 1 aliphatic rings. The molecule has 0 amide bonds. The number of rotatable bonds is 6. The van der Waals surface area contributed by atoms with Crippen molar-refractivity contribution in [2.24, 2.45) is 0 Å². The summed E-state index contributed by atoms with van der Waals surface area (Å²) in [5, 5.41) is 3.45. The number of piperazine rings is 1. The summed E-state index contributed by atoms with van der Waals surface area (Å²) in [5.74, 6) is 0. The third kappa shape index (κ3) is 6.15. The number of unbranched alkanes of at least 4 members (excludes halogenated alkanes) is 1. The molecule has 1 N–H and O–H groups in total. The van der Waals surface area contributed by atoms with Gasteiger partial charge in [0.2, 0.25) is 0 Å². The number of aryl methyl sites for hydroxylation is 1. The Morgan fingerprint density at radius 3 is 2.19 bits per heavy atom. The molecule has 1 aliphatic heterocycles. The van der Waals surface area contributed by atoms with E-state index in [0.717, 1.165) is 19.5 Å². The number of nitrogens with zero attached hydrogens (tertiary/aromatic N) is 1. The van der Waals surface area contributed by atoms with Crippen LogP contribution < -0.4 is 5.32 Å². The van der Waals surface area contributed by atoms with E-state index in [1.54, 1.807) is 0 Å². The van der Waals surface area contributed by atoms with Gasteiger partial charge in [-0.25, -0.2) is 0 Å². The highest BCUT2D eigenvalue weighted by molar-refractivity contribution is 5.85. The van der Waals surface area contributed by atoms with E-state index in [0.29, 0.717) is 6.04 Å². The van der Waals surface area contributed by atoms with Crippen molar-refractivity contribution in [3.05, 3.63) is 35.4 Å². The van der Waals surface area contributed by atoms with Crippen LogP contribution in [-0.2, 0) is 6.42 Å². The Bertz CT molecular complexity index is 362. The van der Waals surface area contributed by atoms with Crippen molar-refractivity contribution < 1.29 is 0 Å². The van der Waals surface area contributed by atoms with Crippen LogP contribution in [-0.4, -0.2) is 31.1 Å². The standard InChI is InChI=1S/C17H28N2.2ClH/c1-3-5-6-17(19-13-11-18-12-14-19)16-9-7-15(4-2)8-10-16;;/h7-10,17-18H,3-6,11-14H2,1-2H3;2*1H/t17-;;/m1../s1. The fourth-order valence-electron chi connectivity index (χ4n) is 2.93. The van der Waals surface area contributed by atoms with Gasteiger partial charge in [0, 0.05) is 32.2 Å². The van der Waals surface area contributed by atoms with Gasteiger partial charge in [0.15, 0.2) is 0 Å². The third-order valence-corrected chi connectivity index (χ3v) is 4.20. The van der Waals surface area contributed by atoms with Crippen molar-refractivity contribution in [1.29, 1.82) is 0 Å². The van der Waals surface area contributed by atoms with Gasteiger partial charge in [-0.1, -0.05) is 51.0 Å². The Morgan fingerprint density at radius 1 is 1.05 bits per heavy atom. The second kappa shape index (κ2) is 11.3. The van der Waals surface area contributed by atoms with Gasteiger partial charge in [-0.15, -0.1) is 24.8 Å². The molecule has 0 aliphatic carbocycles. The van der Waals surface area contributed by atoms with Crippen LogP contribution in [0.3, 0.4) is 0 Å². The first-order chi connectivity index (χ1) is 9.35. The highest BCUT2D eigenvalue weighted by Gasteiger charge is 2.21. The van der Waals surface area contributed by atoms with E-state index in [9.17, 15) is 0 Å². The van der Waals surface area contributed by atoms with E-state index in [2.05, 4.69) is 48.3 Å². The number of hydrogen-bond acceptors (Lipinski definition) is 2. The van der Waals surface area contributed by atoms with E-state index in [1.165, 1.54) is 43.5 Å². The molecule has 0 saturated carbocycles. The normalized spacial score (nSPS) is 16.7. The van der Waals surface area contributed by atoms with Crippen molar-refractivity contribution in [1.82, 2.24) is 10.2 Å². The highest BCUT2D eigenvalue weighted by Crippen LogP contribution is 2.27. The number of nitrogens with one attached hydrogen (secondary N) is 1. The molecule has 1 fully saturated rings. The lowest BCUT2D eigenvalue weighted by Crippen LogP contribution is -2.45. The Balaban J connectivity index is 0.00000200. The number of hydrogen-bond donors (Lipinski definition) is 1. The zero-order valence-electron chi connectivity index (χ0n) is 13.3. The van der Waals surface area contributed by atoms with Gasteiger partial charge in [0.05, 0.1) is 0 Å². The molecule has 0 aromatic heterocycles. The Labute approximate surface area is 142 Å². The molecule has 1 saturated heterocycles. The van der Waals surface area contributed by atoms with E-state index in [-0.39, 0.29) is 24.8 Å². The van der Waals surface area contributed by atoms with Crippen molar-refractivity contribution in [2.45, 2.75) is 45.6 Å². The Hall–Kier alpha value is -0.280. The van der Waals surface area contributed by atoms with Crippen LogP contribution in [0.25, 0.3) is 0 Å². The number of benzene rings is 1. The average molecular weight is 333 g/mol. The fraction of sp³-hybridized carbons (Fsp3) is 0.647. The van der Waals surface area contributed by atoms with Crippen molar-refractivity contribution in [3.8, 4) is 0 Å². The second-order valence-electron chi connectivity index (χ2n) is 5.54. The van der Waals surface area contributed by atoms with E-state index in [1.807, 2.05) is 0 Å². The number of halogens is 2. The van der Waals surface area contributed by atoms with Crippen LogP contribution in [0, 0.1) is 0 Å². The maximum absolute atomic E-state index is 3.45. The van der Waals surface area contributed by atoms with Crippen LogP contribution >= 0.6 is 24.8 Å². The van der Waals surface area contributed by atoms with Gasteiger partial charge in [-0.05, 0) is 24.0 Å². The van der Waals surface area contributed by atoms with Crippen molar-refractivity contribution in [2.75, 3.05) is 26.2 Å². The molecule has 1 aromatic carbocycles. The lowest BCUT2D eigenvalue weighted by molar-refractivity contribution is 0.163. The first kappa shape index (κ1) is 20.7. The van der Waals surface area contributed by atoms with E-state index >= 15 is 0 Å². The predicted molar refractivity (Wildman–Crippen MR) is 97.0 cm³/mol. The minimum Gasteiger partial charge on any atom is -0.314 e. The Morgan fingerprint density at radius 2 is 1.67 bits per heavy atom. The van der Waals surface area contributed by atoms with Crippen molar-refractivity contribution >= 4 is 24.8 Å². The van der Waals surface area contributed by atoms with Crippen LogP contribution in [0.4, 0.5) is 0 Å². The van der Waals surface area contributed by atoms with Crippen LogP contribution in [0.1, 0.15) is 50.3 Å². The largest absolute Gasteiger partial charge is 0.314 e. The molecular formula is C17H30Cl2N2. The summed E-state index contributed by atoms with van der Waals surface area (Å²) in [6.45, 7) is 9.15. The van der Waals surface area contributed by atoms with Gasteiger partial charge in [0.25, 0.3) is 0 Å². The molecule has 0 radical (unpaired) electrons. The molecule has 1 aromatic rings. The quantitative estimate of drug-likeness (QED) is 0.838. The minimum atomic E-state index is 0. The minimum absolute atomic E-state index is 0. The molecular weight excluding hydrogens is 303 g/mol. The maximum atomic E-state index is 3.45. The zero-order chi connectivity index (χ0) is 13.5. The first-order valence-electron chi connectivity index (χ1n) is 7.88. The van der Waals surface area contributed by atoms with Gasteiger partial charge in [0.1, 0.15) is 0 Å². The molecule has 0 unspecified atom stereocenters. The molecule has 0 spiro atoms. The summed E-state index contributed by atoms with van der Waals surface area (Å²) in [5.41, 5.74) is 2.95. The van der Waals surface area contributed by atoms with E-state index in [4.69, 9.17) is 0 Å². The average Bonchev–Trinajstić information content (AvgIpc) is 2.49. The lowest BCUT2D eigenvalue weighted by atomic mass is 9.97. The molecule has 1 atom stereocenters. The lowest BCUT2D eigenvalue weighted by Gasteiger charge is -2.35. The summed E-state index contributed by atoms with van der Waals surface area (Å²) < 4.78 is 0. The first-order valence-corrected chi connectivity index (χ1v) is 7.88. The highest BCUT2D eigenvalue weighted by atomic mass is 35.5. The predicted octanol–water partition coefficient (Wildman–Crippen LogP) is 4.23. The fourth-order valence-corrected chi connectivity index (χ4v) is 2.93. The summed E-state index contributed by atoms with van der Waals surface area (Å²) in [7, 11) is 0. The maximum Gasteiger partial charge on any atom is 0.0349 e. The monoisotopic (exact) mass is 332 g/mol. The smallest absolute Gasteiger partial charge is 0.0349 e. The topological polar surface area (TPSA) is 15.3 Å². The third-order valence-electron chi connectivity index (χ3n) is 4.20. The molecule has 2 nitrogen and oxygen atoms in total. The summed E-state index contributed by atoms with van der Waals surface area (Å²) in [6.07, 6.45) is 5.04. The summed E-state index contributed by atoms with van der Waals surface area (Å²) in [6, 6.07) is 9.92. The van der Waals surface area contributed by atoms with Crippen LogP contribution in [0.15, 0.2) is 24.3 Å². The van der Waals surface area contributed by atoms with Gasteiger partial charge < -0.3 is 5.32 Å². The van der Waals surface area contributed by atoms with Gasteiger partial charge in [-0.3, -0.25) is 4.90 Å². The molecule has 21 heavy (non-hydrogen) atoms. The van der Waals surface area contributed by atoms with E-state index < -0.39 is 0 Å². The SMILES string of the molecule is CCCC[C@H](c1ccc(CC)cc1)N1CCNCC1.Cl.Cl. The van der Waals surface area contributed by atoms with Gasteiger partial charge in [-0.2, -0.15) is 0 Å². The molecule has 0 bridgehead atoms. The molecule has 4 heteroatoms. The van der Waals surface area contributed by atoms with Gasteiger partial charge >= 0.3 is 0 Å². The molecule has 1 heterocycles. The zero-order valence-corrected chi connectivity index (χ0v) is 14.9. The van der Waals surface area contributed by atoms with Crippen LogP contribution in [0.2, 0.25) is 0 Å². The van der Waals surface area contributed by atoms with Crippen LogP contribution in [0.5, 0.6) is 0 Å². The Kier molecular flexibility index (Phi) is 11.2.